The van der Waals surface area contributed by atoms with E-state index in [1.807, 2.05) is 0 Å². The number of carbonyl (C=O) groups excluding carboxylic acids is 1. The fraction of sp³-hybridized carbons (Fsp3) is 0.909. The molecule has 1 atom stereocenters. The molecule has 1 aliphatic heterocycles. The lowest BCUT2D eigenvalue weighted by atomic mass is 10.1. The van der Waals surface area contributed by atoms with Gasteiger partial charge in [0.25, 0.3) is 0 Å². The molecule has 2 rings (SSSR count). The summed E-state index contributed by atoms with van der Waals surface area (Å²) in [5.74, 6) is -4.74. The molecule has 2 aliphatic rings. The van der Waals surface area contributed by atoms with Crippen molar-refractivity contribution in [1.82, 2.24) is 10.2 Å². The number of hydrogen-bond acceptors (Lipinski definition) is 2. The van der Waals surface area contributed by atoms with Gasteiger partial charge >= 0.3 is 12.3 Å². The summed E-state index contributed by atoms with van der Waals surface area (Å²) in [7, 11) is 0. The Bertz CT molecular complexity index is 355. The van der Waals surface area contributed by atoms with Gasteiger partial charge < -0.3 is 4.90 Å². The van der Waals surface area contributed by atoms with Crippen LogP contribution in [0, 0.1) is 5.92 Å². The number of halogens is 4. The predicted octanol–water partition coefficient (Wildman–Crippen LogP) is 1.83. The van der Waals surface area contributed by atoms with Crippen molar-refractivity contribution in [1.29, 1.82) is 0 Å². The van der Waals surface area contributed by atoms with Crippen LogP contribution in [0.25, 0.3) is 0 Å². The van der Waals surface area contributed by atoms with Crippen LogP contribution in [0.1, 0.15) is 26.7 Å². The van der Waals surface area contributed by atoms with Gasteiger partial charge in [0.15, 0.2) is 0 Å². The molecule has 1 amide bonds. The Hall–Kier alpha value is -0.850. The van der Waals surface area contributed by atoms with Crippen molar-refractivity contribution < 1.29 is 22.4 Å². The van der Waals surface area contributed by atoms with Gasteiger partial charge in [-0.2, -0.15) is 8.78 Å². The molecular weight excluding hydrogens is 252 g/mol. The van der Waals surface area contributed by atoms with Crippen molar-refractivity contribution in [3.63, 3.8) is 0 Å². The summed E-state index contributed by atoms with van der Waals surface area (Å²) in [5.41, 5.74) is -0.757. The third kappa shape index (κ3) is 2.08. The second kappa shape index (κ2) is 4.08. The molecule has 1 saturated carbocycles. The van der Waals surface area contributed by atoms with Crippen molar-refractivity contribution in [2.45, 2.75) is 50.7 Å². The van der Waals surface area contributed by atoms with Gasteiger partial charge in [-0.1, -0.05) is 13.8 Å². The molecule has 0 radical (unpaired) electrons. The molecule has 3 nitrogen and oxygen atoms in total. The monoisotopic (exact) mass is 268 g/mol. The molecule has 1 N–H and O–H groups in total. The third-order valence-electron chi connectivity index (χ3n) is 3.51. The van der Waals surface area contributed by atoms with E-state index in [1.165, 1.54) is 0 Å². The Labute approximate surface area is 103 Å². The minimum atomic E-state index is -4.16. The zero-order valence-electron chi connectivity index (χ0n) is 10.2. The van der Waals surface area contributed by atoms with Crippen molar-refractivity contribution in [2.24, 2.45) is 5.92 Å². The maximum Gasteiger partial charge on any atom is 0.324 e. The topological polar surface area (TPSA) is 32.3 Å². The first-order valence-electron chi connectivity index (χ1n) is 5.94. The molecule has 0 bridgehead atoms. The van der Waals surface area contributed by atoms with Crippen LogP contribution >= 0.6 is 0 Å². The largest absolute Gasteiger partial charge is 0.324 e. The van der Waals surface area contributed by atoms with E-state index in [2.05, 4.69) is 5.32 Å². The molecule has 0 aromatic carbocycles. The summed E-state index contributed by atoms with van der Waals surface area (Å²) in [5, 5.41) is 3.00. The van der Waals surface area contributed by atoms with E-state index in [9.17, 15) is 22.4 Å². The summed E-state index contributed by atoms with van der Waals surface area (Å²) in [6.07, 6.45) is -3.17. The minimum Gasteiger partial charge on any atom is -0.319 e. The number of carbonyl (C=O) groups is 1. The molecule has 7 heteroatoms. The van der Waals surface area contributed by atoms with Crippen LogP contribution in [0.2, 0.25) is 0 Å². The number of nitrogens with one attached hydrogen (secondary N) is 1. The summed E-state index contributed by atoms with van der Waals surface area (Å²) in [6, 6.07) is 0. The fourth-order valence-corrected chi connectivity index (χ4v) is 2.30. The van der Waals surface area contributed by atoms with Crippen LogP contribution < -0.4 is 5.32 Å². The van der Waals surface area contributed by atoms with Gasteiger partial charge in [-0.3, -0.25) is 10.1 Å². The summed E-state index contributed by atoms with van der Waals surface area (Å²) >= 11 is 0. The van der Waals surface area contributed by atoms with E-state index in [0.29, 0.717) is 12.8 Å². The molecule has 18 heavy (non-hydrogen) atoms. The predicted molar refractivity (Wildman–Crippen MR) is 56.4 cm³/mol. The van der Waals surface area contributed by atoms with Crippen LogP contribution in [0.4, 0.5) is 17.6 Å². The van der Waals surface area contributed by atoms with Crippen molar-refractivity contribution in [3.05, 3.63) is 0 Å². The SMILES string of the molecule is CC(C)C1NC2(CC2)C(=O)N1CC(F)(F)C(F)F. The summed E-state index contributed by atoms with van der Waals surface area (Å²) < 4.78 is 50.7. The Kier molecular flexibility index (Phi) is 3.08. The highest BCUT2D eigenvalue weighted by Gasteiger charge is 2.61. The molecule has 1 spiro atoms. The molecule has 1 heterocycles. The number of alkyl halides is 4. The Morgan fingerprint density at radius 1 is 1.44 bits per heavy atom. The number of amides is 1. The Balaban J connectivity index is 2.16. The lowest BCUT2D eigenvalue weighted by Gasteiger charge is -2.30. The summed E-state index contributed by atoms with van der Waals surface area (Å²) in [6.45, 7) is 2.31. The van der Waals surface area contributed by atoms with Gasteiger partial charge in [0.1, 0.15) is 0 Å². The van der Waals surface area contributed by atoms with E-state index in [4.69, 9.17) is 0 Å². The fourth-order valence-electron chi connectivity index (χ4n) is 2.30. The van der Waals surface area contributed by atoms with Crippen LogP contribution in [0.5, 0.6) is 0 Å². The van der Waals surface area contributed by atoms with Crippen molar-refractivity contribution >= 4 is 5.91 Å². The van der Waals surface area contributed by atoms with E-state index in [0.717, 1.165) is 4.90 Å². The highest BCUT2D eigenvalue weighted by molar-refractivity contribution is 5.91. The van der Waals surface area contributed by atoms with Gasteiger partial charge in [0.05, 0.1) is 18.2 Å². The molecule has 1 aliphatic carbocycles. The molecule has 104 valence electrons. The molecule has 1 saturated heterocycles. The van der Waals surface area contributed by atoms with Gasteiger partial charge in [-0.05, 0) is 18.8 Å². The highest BCUT2D eigenvalue weighted by Crippen LogP contribution is 2.44. The minimum absolute atomic E-state index is 0.109. The van der Waals surface area contributed by atoms with Gasteiger partial charge in [-0.15, -0.1) is 0 Å². The zero-order valence-corrected chi connectivity index (χ0v) is 10.2. The van der Waals surface area contributed by atoms with E-state index in [1.54, 1.807) is 13.8 Å². The molecule has 0 aromatic rings. The first-order chi connectivity index (χ1) is 8.19. The second-order valence-electron chi connectivity index (χ2n) is 5.41. The first kappa shape index (κ1) is 13.6. The number of rotatable bonds is 4. The van der Waals surface area contributed by atoms with Crippen molar-refractivity contribution in [2.75, 3.05) is 6.54 Å². The zero-order chi connectivity index (χ0) is 13.7. The molecule has 1 unspecified atom stereocenters. The summed E-state index contributed by atoms with van der Waals surface area (Å²) in [4.78, 5) is 12.9. The maximum absolute atomic E-state index is 13.1. The van der Waals surface area contributed by atoms with E-state index in [-0.39, 0.29) is 5.92 Å². The average molecular weight is 268 g/mol. The number of nitrogens with zero attached hydrogens (tertiary/aromatic N) is 1. The average Bonchev–Trinajstić information content (AvgIpc) is 2.97. The van der Waals surface area contributed by atoms with E-state index < -0.39 is 36.5 Å². The molecule has 0 aromatic heterocycles. The molecule has 2 fully saturated rings. The van der Waals surface area contributed by atoms with Crippen LogP contribution in [0.15, 0.2) is 0 Å². The van der Waals surface area contributed by atoms with Crippen LogP contribution in [-0.2, 0) is 4.79 Å². The Morgan fingerprint density at radius 3 is 2.39 bits per heavy atom. The number of hydrogen-bond donors (Lipinski definition) is 1. The van der Waals surface area contributed by atoms with Gasteiger partial charge in [-0.25, -0.2) is 8.78 Å². The second-order valence-corrected chi connectivity index (χ2v) is 5.41. The first-order valence-corrected chi connectivity index (χ1v) is 5.94. The quantitative estimate of drug-likeness (QED) is 0.789. The van der Waals surface area contributed by atoms with Crippen LogP contribution in [-0.4, -0.2) is 41.4 Å². The maximum atomic E-state index is 13.1. The normalized spacial score (nSPS) is 26.8. The smallest absolute Gasteiger partial charge is 0.319 e. The highest BCUT2D eigenvalue weighted by atomic mass is 19.3. The van der Waals surface area contributed by atoms with E-state index >= 15 is 0 Å². The van der Waals surface area contributed by atoms with Crippen molar-refractivity contribution in [3.8, 4) is 0 Å². The Morgan fingerprint density at radius 2 is 2.00 bits per heavy atom. The lowest BCUT2D eigenvalue weighted by Crippen LogP contribution is -2.49. The van der Waals surface area contributed by atoms with Gasteiger partial charge in [0.2, 0.25) is 5.91 Å². The van der Waals surface area contributed by atoms with Crippen LogP contribution in [0.3, 0.4) is 0 Å². The third-order valence-corrected chi connectivity index (χ3v) is 3.51. The van der Waals surface area contributed by atoms with Gasteiger partial charge in [0, 0.05) is 0 Å². The standard InChI is InChI=1S/C11H16F4N2O/c1-6(2)7-16-10(3-4-10)9(18)17(7)5-11(14,15)8(12)13/h6-8,16H,3-5H2,1-2H3. The molecular formula is C11H16F4N2O. The lowest BCUT2D eigenvalue weighted by molar-refractivity contribution is -0.158.